The molecule has 12 atom stereocenters. The fourth-order valence-corrected chi connectivity index (χ4v) is 11.8. The Morgan fingerprint density at radius 3 is 2.36 bits per heavy atom. The predicted octanol–water partition coefficient (Wildman–Crippen LogP) is 7.74. The largest absolute Gasteiger partial charge is 0.481 e. The van der Waals surface area contributed by atoms with Crippen LogP contribution in [0.15, 0.2) is 11.6 Å². The maximum atomic E-state index is 13.4. The summed E-state index contributed by atoms with van der Waals surface area (Å²) in [6.45, 7) is 24.7. The number of hydrogen-bond donors (Lipinski definition) is 2. The zero-order valence-corrected chi connectivity index (χ0v) is 29.9. The summed E-state index contributed by atoms with van der Waals surface area (Å²) < 4.78 is 19.7. The van der Waals surface area contributed by atoms with Crippen LogP contribution in [0, 0.1) is 62.6 Å². The molecule has 0 spiro atoms. The Morgan fingerprint density at radius 1 is 1.09 bits per heavy atom. The summed E-state index contributed by atoms with van der Waals surface area (Å²) in [5, 5.41) is 11.0. The molecule has 1 aliphatic heterocycles. The van der Waals surface area contributed by atoms with Crippen LogP contribution >= 0.6 is 0 Å². The number of carboxylic acid groups (broad SMARTS) is 1. The van der Waals surface area contributed by atoms with Crippen molar-refractivity contribution >= 4 is 5.97 Å². The maximum absolute atomic E-state index is 13.4. The van der Waals surface area contributed by atoms with E-state index in [2.05, 4.69) is 75.3 Å². The molecule has 1 heterocycles. The lowest BCUT2D eigenvalue weighted by Crippen LogP contribution is -2.67. The van der Waals surface area contributed by atoms with Gasteiger partial charge in [0.05, 0.1) is 31.3 Å². The fourth-order valence-electron chi connectivity index (χ4n) is 11.8. The summed E-state index contributed by atoms with van der Waals surface area (Å²) in [7, 11) is 1.85. The van der Waals surface area contributed by atoms with Crippen LogP contribution in [-0.4, -0.2) is 55.8 Å². The number of carbonyl (C=O) groups is 1. The highest BCUT2D eigenvalue weighted by Gasteiger charge is 2.71. The number of fused-ring (bicyclic) bond motifs is 3. The van der Waals surface area contributed by atoms with E-state index in [1.54, 1.807) is 5.57 Å². The summed E-state index contributed by atoms with van der Waals surface area (Å²) in [4.78, 5) is 13.4. The van der Waals surface area contributed by atoms with Gasteiger partial charge in [-0.1, -0.05) is 74.0 Å². The minimum absolute atomic E-state index is 0.0200. The molecule has 0 aromatic rings. The van der Waals surface area contributed by atoms with Crippen LogP contribution in [-0.2, 0) is 19.0 Å². The van der Waals surface area contributed by atoms with Crippen LogP contribution < -0.4 is 5.73 Å². The topological polar surface area (TPSA) is 91.0 Å². The van der Waals surface area contributed by atoms with Crippen LogP contribution in [0.25, 0.3) is 0 Å². The van der Waals surface area contributed by atoms with Crippen molar-refractivity contribution in [3.05, 3.63) is 11.6 Å². The molecule has 4 fully saturated rings. The van der Waals surface area contributed by atoms with E-state index in [4.69, 9.17) is 19.9 Å². The molecule has 4 aliphatic carbocycles. The third-order valence-electron chi connectivity index (χ3n) is 15.6. The van der Waals surface area contributed by atoms with Crippen molar-refractivity contribution in [1.82, 2.24) is 0 Å². The number of rotatable bonds is 8. The Bertz CT molecular complexity index is 1130. The van der Waals surface area contributed by atoms with Gasteiger partial charge in [-0.05, 0) is 103 Å². The Balaban J connectivity index is 1.57. The van der Waals surface area contributed by atoms with Crippen molar-refractivity contribution in [2.45, 2.75) is 132 Å². The first-order valence-corrected chi connectivity index (χ1v) is 17.8. The van der Waals surface area contributed by atoms with Crippen molar-refractivity contribution in [3.63, 3.8) is 0 Å². The highest BCUT2D eigenvalue weighted by Crippen LogP contribution is 2.75. The van der Waals surface area contributed by atoms with Crippen LogP contribution in [0.5, 0.6) is 0 Å². The fraction of sp³-hybridized carbons (Fsp3) is 0.921. The van der Waals surface area contributed by atoms with Gasteiger partial charge < -0.3 is 25.1 Å². The Morgan fingerprint density at radius 2 is 1.77 bits per heavy atom. The lowest BCUT2D eigenvalue weighted by atomic mass is 9.34. The molecule has 3 N–H and O–H groups in total. The second-order valence-corrected chi connectivity index (χ2v) is 18.0. The SMILES string of the molecule is CO[C@@H]1C[C@@]23CCOC[C@@](C)([C@@H]2CC[C@H]2C3=CC[C@@]3(C)[C@H](C(=O)O)[C@@](C)([C@H](C)C(C)C)CC[C@]23C)[C@H]1OC[C@](C)(N)C(C)C. The van der Waals surface area contributed by atoms with Crippen molar-refractivity contribution in [3.8, 4) is 0 Å². The van der Waals surface area contributed by atoms with Gasteiger partial charge in [0.2, 0.25) is 0 Å². The van der Waals surface area contributed by atoms with Gasteiger partial charge in [0, 0.05) is 24.7 Å². The summed E-state index contributed by atoms with van der Waals surface area (Å²) >= 11 is 0. The van der Waals surface area contributed by atoms with Gasteiger partial charge in [0.15, 0.2) is 0 Å². The van der Waals surface area contributed by atoms with E-state index >= 15 is 0 Å². The number of nitrogens with two attached hydrogens (primary N) is 1. The van der Waals surface area contributed by atoms with Gasteiger partial charge >= 0.3 is 5.97 Å². The van der Waals surface area contributed by atoms with E-state index in [0.717, 1.165) is 51.6 Å². The molecule has 1 saturated heterocycles. The van der Waals surface area contributed by atoms with Crippen LogP contribution in [0.1, 0.15) is 114 Å². The summed E-state index contributed by atoms with van der Waals surface area (Å²) in [6, 6.07) is 0. The molecule has 0 amide bonds. The number of aliphatic carboxylic acids is 1. The zero-order valence-electron chi connectivity index (χ0n) is 29.9. The van der Waals surface area contributed by atoms with Gasteiger partial charge in [-0.2, -0.15) is 0 Å². The molecular weight excluding hydrogens is 550 g/mol. The summed E-state index contributed by atoms with van der Waals surface area (Å²) in [6.07, 6.45) is 9.46. The van der Waals surface area contributed by atoms with E-state index in [-0.39, 0.29) is 45.2 Å². The third-order valence-corrected chi connectivity index (χ3v) is 15.6. The van der Waals surface area contributed by atoms with Crippen molar-refractivity contribution in [2.24, 2.45) is 68.3 Å². The Kier molecular flexibility index (Phi) is 8.86. The number of hydrogen-bond acceptors (Lipinski definition) is 5. The van der Waals surface area contributed by atoms with Gasteiger partial charge in [-0.3, -0.25) is 4.79 Å². The second kappa shape index (κ2) is 11.3. The maximum Gasteiger partial charge on any atom is 0.307 e. The first-order valence-electron chi connectivity index (χ1n) is 17.8. The molecule has 5 rings (SSSR count). The van der Waals surface area contributed by atoms with Crippen LogP contribution in [0.2, 0.25) is 0 Å². The predicted molar refractivity (Wildman–Crippen MR) is 176 cm³/mol. The van der Waals surface area contributed by atoms with Gasteiger partial charge in [0.1, 0.15) is 0 Å². The Hall–Kier alpha value is -0.950. The number of methoxy groups -OCH3 is 1. The van der Waals surface area contributed by atoms with Gasteiger partial charge in [-0.25, -0.2) is 0 Å². The third kappa shape index (κ3) is 4.72. The monoisotopic (exact) mass is 615 g/mol. The van der Waals surface area contributed by atoms with Crippen LogP contribution in [0.3, 0.4) is 0 Å². The highest BCUT2D eigenvalue weighted by atomic mass is 16.5. The van der Waals surface area contributed by atoms with Crippen LogP contribution in [0.4, 0.5) is 0 Å². The normalized spacial score (nSPS) is 47.5. The van der Waals surface area contributed by atoms with E-state index in [1.807, 2.05) is 7.11 Å². The standard InChI is InChI=1S/C38H65NO5/c1-23(2)25(5)33(6)16-17-35(8)26-12-13-29-34(7)21-43-19-18-38(29,27(26)14-15-36(35,9)30(33)32(40)41)20-28(42-11)31(34)44-22-37(10,39)24(3)4/h14,23-26,28-31H,12-13,15-22,39H2,1-11H3,(H,40,41)/t25-,26+,28-,29+,30-,31+,33-,34+,35-,36+,37+,38-/m1/s1. The molecule has 0 unspecified atom stereocenters. The molecule has 5 aliphatic rings. The summed E-state index contributed by atoms with van der Waals surface area (Å²) in [5.74, 6) is 0.929. The highest BCUT2D eigenvalue weighted by molar-refractivity contribution is 5.73. The smallest absolute Gasteiger partial charge is 0.307 e. The van der Waals surface area contributed by atoms with Gasteiger partial charge in [0.25, 0.3) is 0 Å². The number of carboxylic acids is 1. The first kappa shape index (κ1) is 34.4. The summed E-state index contributed by atoms with van der Waals surface area (Å²) in [5.41, 5.74) is 7.07. The number of allylic oxidation sites excluding steroid dienone is 2. The van der Waals surface area contributed by atoms with Crippen molar-refractivity contribution in [1.29, 1.82) is 0 Å². The lowest BCUT2D eigenvalue weighted by molar-refractivity contribution is -0.223. The first-order chi connectivity index (χ1) is 20.4. The molecule has 2 bridgehead atoms. The van der Waals surface area contributed by atoms with Crippen molar-refractivity contribution in [2.75, 3.05) is 26.9 Å². The quantitative estimate of drug-likeness (QED) is 0.272. The molecular formula is C38H65NO5. The minimum Gasteiger partial charge on any atom is -0.481 e. The Labute approximate surface area is 268 Å². The average Bonchev–Trinajstić information content (AvgIpc) is 3.05. The minimum atomic E-state index is -0.599. The van der Waals surface area contributed by atoms with E-state index in [1.165, 1.54) is 0 Å². The molecule has 3 saturated carbocycles. The zero-order chi connectivity index (χ0) is 32.7. The van der Waals surface area contributed by atoms with E-state index in [9.17, 15) is 9.90 Å². The molecule has 6 nitrogen and oxygen atoms in total. The van der Waals surface area contributed by atoms with E-state index in [0.29, 0.717) is 42.8 Å². The van der Waals surface area contributed by atoms with Crippen molar-refractivity contribution < 1.29 is 24.1 Å². The molecule has 0 radical (unpaired) electrons. The second-order valence-electron chi connectivity index (χ2n) is 18.0. The molecule has 0 aromatic heterocycles. The lowest BCUT2D eigenvalue weighted by Gasteiger charge is -2.70. The molecule has 0 aromatic carbocycles. The van der Waals surface area contributed by atoms with Gasteiger partial charge in [-0.15, -0.1) is 0 Å². The molecule has 6 heteroatoms. The number of ether oxygens (including phenoxy) is 3. The molecule has 252 valence electrons. The average molecular weight is 616 g/mol. The van der Waals surface area contributed by atoms with E-state index < -0.39 is 11.5 Å². The molecule has 44 heavy (non-hydrogen) atoms.